The summed E-state index contributed by atoms with van der Waals surface area (Å²) in [5.74, 6) is -0.000182. The van der Waals surface area contributed by atoms with Crippen molar-refractivity contribution in [3.63, 3.8) is 0 Å². The van der Waals surface area contributed by atoms with Gasteiger partial charge < -0.3 is 14.5 Å². The number of carbonyl (C=O) groups is 1. The van der Waals surface area contributed by atoms with Crippen molar-refractivity contribution >= 4 is 59.8 Å². The van der Waals surface area contributed by atoms with E-state index in [9.17, 15) is 17.6 Å². The van der Waals surface area contributed by atoms with Crippen molar-refractivity contribution in [2.45, 2.75) is 24.3 Å². The molecular weight excluding hydrogens is 577 g/mol. The van der Waals surface area contributed by atoms with Gasteiger partial charge in [0.25, 0.3) is 0 Å². The number of amides is 1. The highest BCUT2D eigenvalue weighted by molar-refractivity contribution is 9.11. The third kappa shape index (κ3) is 4.74. The Morgan fingerprint density at radius 3 is 2.53 bits per heavy atom. The molecule has 4 heterocycles. The van der Waals surface area contributed by atoms with Gasteiger partial charge in [0.1, 0.15) is 12.2 Å². The molecule has 0 bridgehead atoms. The lowest BCUT2D eigenvalue weighted by Gasteiger charge is -2.39. The van der Waals surface area contributed by atoms with Crippen LogP contribution in [0.2, 0.25) is 0 Å². The molecule has 2 aliphatic heterocycles. The van der Waals surface area contributed by atoms with Crippen molar-refractivity contribution in [3.8, 4) is 5.13 Å². The summed E-state index contributed by atoms with van der Waals surface area (Å²) in [5.41, 5.74) is -0.146. The SMILES string of the molecule is CC(C)C(=O)N1CCN(c2cc(S(=O)(=O)NC3(CF)COC3)cc3nn(-c4nnc(Br)s4)cc23)CC1. The van der Waals surface area contributed by atoms with Crippen molar-refractivity contribution in [3.05, 3.63) is 22.2 Å². The summed E-state index contributed by atoms with van der Waals surface area (Å²) in [6.07, 6.45) is 1.79. The van der Waals surface area contributed by atoms with Crippen LogP contribution in [0.25, 0.3) is 16.0 Å². The van der Waals surface area contributed by atoms with E-state index in [2.05, 4.69) is 35.9 Å². The number of carbonyl (C=O) groups excluding carboxylic acids is 1. The van der Waals surface area contributed by atoms with E-state index in [1.165, 1.54) is 17.4 Å². The highest BCUT2D eigenvalue weighted by Gasteiger charge is 2.43. The summed E-state index contributed by atoms with van der Waals surface area (Å²) in [4.78, 5) is 16.3. The van der Waals surface area contributed by atoms with Crippen LogP contribution in [0.3, 0.4) is 0 Å². The average molecular weight is 603 g/mol. The average Bonchev–Trinajstić information content (AvgIpc) is 3.46. The normalized spacial score (nSPS) is 18.1. The Balaban J connectivity index is 1.54. The number of piperazine rings is 1. The number of nitrogens with one attached hydrogen (secondary N) is 1. The first kappa shape index (κ1) is 25.4. The largest absolute Gasteiger partial charge is 0.377 e. The molecule has 1 aromatic carbocycles. The summed E-state index contributed by atoms with van der Waals surface area (Å²) in [6.45, 7) is 4.93. The van der Waals surface area contributed by atoms with Crippen molar-refractivity contribution in [2.24, 2.45) is 5.92 Å². The number of anilines is 1. The van der Waals surface area contributed by atoms with Crippen molar-refractivity contribution in [2.75, 3.05) is 51.0 Å². The number of hydrogen-bond donors (Lipinski definition) is 1. The van der Waals surface area contributed by atoms with E-state index < -0.39 is 22.2 Å². The molecule has 0 atom stereocenters. The zero-order valence-electron chi connectivity index (χ0n) is 19.6. The number of hydrogen-bond acceptors (Lipinski definition) is 9. The minimum Gasteiger partial charge on any atom is -0.377 e. The second kappa shape index (κ2) is 9.59. The number of fused-ring (bicyclic) bond motifs is 1. The number of halogens is 2. The molecule has 5 rings (SSSR count). The zero-order valence-corrected chi connectivity index (χ0v) is 22.9. The maximum Gasteiger partial charge on any atom is 0.241 e. The van der Waals surface area contributed by atoms with Gasteiger partial charge in [0.15, 0.2) is 3.92 Å². The summed E-state index contributed by atoms with van der Waals surface area (Å²) >= 11 is 4.58. The third-order valence-electron chi connectivity index (χ3n) is 6.26. The fraction of sp³-hybridized carbons (Fsp3) is 0.524. The molecule has 1 N–H and O–H groups in total. The van der Waals surface area contributed by atoms with Crippen LogP contribution >= 0.6 is 27.3 Å². The van der Waals surface area contributed by atoms with E-state index in [0.717, 1.165) is 5.39 Å². The first-order valence-corrected chi connectivity index (χ1v) is 14.4. The zero-order chi connectivity index (χ0) is 25.7. The van der Waals surface area contributed by atoms with Crippen LogP contribution in [0, 0.1) is 5.92 Å². The molecule has 0 aliphatic carbocycles. The van der Waals surface area contributed by atoms with Crippen LogP contribution in [-0.4, -0.2) is 90.8 Å². The number of rotatable bonds is 7. The predicted octanol–water partition coefficient (Wildman–Crippen LogP) is 1.96. The summed E-state index contributed by atoms with van der Waals surface area (Å²) in [7, 11) is -4.07. The minimum atomic E-state index is -4.07. The van der Waals surface area contributed by atoms with E-state index in [0.29, 0.717) is 46.4 Å². The van der Waals surface area contributed by atoms with Gasteiger partial charge in [-0.15, -0.1) is 10.2 Å². The fourth-order valence-electron chi connectivity index (χ4n) is 4.27. The van der Waals surface area contributed by atoms with Gasteiger partial charge in [-0.2, -0.15) is 9.82 Å². The summed E-state index contributed by atoms with van der Waals surface area (Å²) in [5, 5.41) is 13.9. The van der Waals surface area contributed by atoms with E-state index in [4.69, 9.17) is 4.74 Å². The Morgan fingerprint density at radius 2 is 1.97 bits per heavy atom. The lowest BCUT2D eigenvalue weighted by molar-refractivity contribution is -0.134. The molecule has 36 heavy (non-hydrogen) atoms. The molecule has 0 saturated carbocycles. The van der Waals surface area contributed by atoms with Crippen LogP contribution in [0.5, 0.6) is 0 Å². The summed E-state index contributed by atoms with van der Waals surface area (Å²) in [6, 6.07) is 3.05. The fourth-order valence-corrected chi connectivity index (χ4v) is 6.68. The number of nitrogens with zero attached hydrogens (tertiary/aromatic N) is 6. The number of aromatic nitrogens is 4. The van der Waals surface area contributed by atoms with Gasteiger partial charge in [-0.3, -0.25) is 4.79 Å². The smallest absolute Gasteiger partial charge is 0.241 e. The van der Waals surface area contributed by atoms with E-state index in [1.807, 2.05) is 23.6 Å². The van der Waals surface area contributed by atoms with Crippen LogP contribution < -0.4 is 9.62 Å². The molecule has 1 amide bonds. The molecule has 194 valence electrons. The molecule has 0 unspecified atom stereocenters. The molecular formula is C21H25BrFN7O4S2. The van der Waals surface area contributed by atoms with Gasteiger partial charge in [0.2, 0.25) is 21.1 Å². The Hall–Kier alpha value is -2.20. The Labute approximate surface area is 219 Å². The Bertz CT molecular complexity index is 1390. The minimum absolute atomic E-state index is 0.0193. The molecule has 2 aliphatic rings. The number of ether oxygens (including phenoxy) is 1. The number of sulfonamides is 1. The van der Waals surface area contributed by atoms with Crippen molar-refractivity contribution in [1.29, 1.82) is 0 Å². The molecule has 15 heteroatoms. The van der Waals surface area contributed by atoms with Gasteiger partial charge in [-0.25, -0.2) is 17.5 Å². The van der Waals surface area contributed by atoms with Gasteiger partial charge >= 0.3 is 0 Å². The second-order valence-corrected chi connectivity index (χ2v) is 13.2. The Morgan fingerprint density at radius 1 is 1.25 bits per heavy atom. The quantitative estimate of drug-likeness (QED) is 0.436. The van der Waals surface area contributed by atoms with Crippen LogP contribution in [-0.2, 0) is 19.6 Å². The van der Waals surface area contributed by atoms with Gasteiger partial charge in [0, 0.05) is 49.4 Å². The third-order valence-corrected chi connectivity index (χ3v) is 9.17. The number of benzene rings is 1. The molecule has 11 nitrogen and oxygen atoms in total. The lowest BCUT2D eigenvalue weighted by Crippen LogP contribution is -2.63. The maximum absolute atomic E-state index is 13.6. The molecule has 2 fully saturated rings. The highest BCUT2D eigenvalue weighted by Crippen LogP contribution is 2.33. The lowest BCUT2D eigenvalue weighted by atomic mass is 10.0. The van der Waals surface area contributed by atoms with Crippen molar-refractivity contribution in [1.82, 2.24) is 29.6 Å². The van der Waals surface area contributed by atoms with Gasteiger partial charge in [-0.1, -0.05) is 25.2 Å². The van der Waals surface area contributed by atoms with E-state index in [1.54, 1.807) is 16.9 Å². The van der Waals surface area contributed by atoms with E-state index >= 15 is 0 Å². The molecule has 0 radical (unpaired) electrons. The molecule has 3 aromatic rings. The first-order valence-electron chi connectivity index (χ1n) is 11.3. The topological polar surface area (TPSA) is 123 Å². The van der Waals surface area contributed by atoms with Gasteiger partial charge in [0.05, 0.1) is 23.6 Å². The Kier molecular flexibility index (Phi) is 6.78. The van der Waals surface area contributed by atoms with Crippen molar-refractivity contribution < 1.29 is 22.3 Å². The van der Waals surface area contributed by atoms with E-state index in [-0.39, 0.29) is 29.9 Å². The summed E-state index contributed by atoms with van der Waals surface area (Å²) < 4.78 is 49.9. The maximum atomic E-state index is 13.6. The van der Waals surface area contributed by atoms with Gasteiger partial charge in [-0.05, 0) is 28.1 Å². The standard InChI is InChI=1S/C21H25BrFN7O4S2/c1-13(2)18(31)29-5-3-28(4-6-29)17-8-14(36(32,33)27-21(10-23)11-34-12-21)7-16-15(17)9-30(26-16)20-25-24-19(22)35-20/h7-9,13,27H,3-6,10-12H2,1-2H3. The van der Waals surface area contributed by atoms with Crippen LogP contribution in [0.1, 0.15) is 13.8 Å². The predicted molar refractivity (Wildman–Crippen MR) is 136 cm³/mol. The van der Waals surface area contributed by atoms with Crippen LogP contribution in [0.15, 0.2) is 27.1 Å². The molecule has 2 aromatic heterocycles. The second-order valence-electron chi connectivity index (χ2n) is 9.27. The molecule has 0 spiro atoms. The number of alkyl halides is 1. The monoisotopic (exact) mass is 601 g/mol. The molecule has 2 saturated heterocycles. The first-order chi connectivity index (χ1) is 17.1. The van der Waals surface area contributed by atoms with Crippen LogP contribution in [0.4, 0.5) is 10.1 Å². The highest BCUT2D eigenvalue weighted by atomic mass is 79.9.